The van der Waals surface area contributed by atoms with Crippen LogP contribution in [0.5, 0.6) is 0 Å². The molecule has 16 heavy (non-hydrogen) atoms. The van der Waals surface area contributed by atoms with Crippen LogP contribution in [0, 0.1) is 0 Å². The van der Waals surface area contributed by atoms with Gasteiger partial charge in [-0.2, -0.15) is 0 Å². The number of rotatable bonds is 1. The lowest BCUT2D eigenvalue weighted by Gasteiger charge is -2.36. The van der Waals surface area contributed by atoms with Crippen molar-refractivity contribution in [1.82, 2.24) is 4.57 Å². The average Bonchev–Trinajstić information content (AvgIpc) is 2.80. The van der Waals surface area contributed by atoms with Gasteiger partial charge in [-0.25, -0.2) is 0 Å². The van der Waals surface area contributed by atoms with Crippen molar-refractivity contribution in [1.29, 1.82) is 0 Å². The summed E-state index contributed by atoms with van der Waals surface area (Å²) < 4.78 is 2.35. The third-order valence-electron chi connectivity index (χ3n) is 3.43. The predicted molar refractivity (Wildman–Crippen MR) is 66.6 cm³/mol. The smallest absolute Gasteiger partial charge is 0.0666 e. The first-order valence-electron chi connectivity index (χ1n) is 5.83. The molecule has 2 nitrogen and oxygen atoms in total. The minimum Gasteiger partial charge on any atom is -0.361 e. The molecule has 0 saturated heterocycles. The number of fused-ring (bicyclic) bond motifs is 1. The summed E-state index contributed by atoms with van der Waals surface area (Å²) in [5.41, 5.74) is 2.73. The van der Waals surface area contributed by atoms with Crippen LogP contribution in [0.1, 0.15) is 18.7 Å². The lowest BCUT2D eigenvalue weighted by atomic mass is 10.1. The van der Waals surface area contributed by atoms with Crippen molar-refractivity contribution in [3.8, 4) is 0 Å². The molecule has 0 N–H and O–H groups in total. The van der Waals surface area contributed by atoms with Gasteiger partial charge in [0, 0.05) is 30.7 Å². The monoisotopic (exact) mass is 212 g/mol. The SMILES string of the molecule is CC1c2cccn2CCN1c1ccccc1. The van der Waals surface area contributed by atoms with Crippen LogP contribution < -0.4 is 4.90 Å². The van der Waals surface area contributed by atoms with E-state index in [1.807, 2.05) is 0 Å². The van der Waals surface area contributed by atoms with Crippen molar-refractivity contribution in [3.63, 3.8) is 0 Å². The van der Waals surface area contributed by atoms with Gasteiger partial charge in [0.15, 0.2) is 0 Å². The minimum atomic E-state index is 0.464. The second-order valence-corrected chi connectivity index (χ2v) is 4.33. The maximum absolute atomic E-state index is 2.47. The zero-order valence-corrected chi connectivity index (χ0v) is 9.50. The molecule has 1 aromatic carbocycles. The minimum absolute atomic E-state index is 0.464. The number of hydrogen-bond acceptors (Lipinski definition) is 1. The lowest BCUT2D eigenvalue weighted by molar-refractivity contribution is 0.510. The molecule has 2 heterocycles. The fourth-order valence-corrected chi connectivity index (χ4v) is 2.55. The van der Waals surface area contributed by atoms with E-state index in [9.17, 15) is 0 Å². The van der Waals surface area contributed by atoms with Gasteiger partial charge in [0.2, 0.25) is 0 Å². The largest absolute Gasteiger partial charge is 0.361 e. The highest BCUT2D eigenvalue weighted by molar-refractivity contribution is 5.48. The van der Waals surface area contributed by atoms with Gasteiger partial charge in [-0.05, 0) is 31.2 Å². The zero-order chi connectivity index (χ0) is 11.0. The molecule has 0 spiro atoms. The number of benzene rings is 1. The van der Waals surface area contributed by atoms with Crippen molar-refractivity contribution >= 4 is 5.69 Å². The van der Waals surface area contributed by atoms with Gasteiger partial charge in [-0.1, -0.05) is 18.2 Å². The van der Waals surface area contributed by atoms with Crippen LogP contribution in [0.15, 0.2) is 48.7 Å². The maximum Gasteiger partial charge on any atom is 0.0666 e. The van der Waals surface area contributed by atoms with Gasteiger partial charge < -0.3 is 9.47 Å². The second kappa shape index (κ2) is 3.71. The van der Waals surface area contributed by atoms with E-state index in [-0.39, 0.29) is 0 Å². The van der Waals surface area contributed by atoms with E-state index in [0.29, 0.717) is 6.04 Å². The van der Waals surface area contributed by atoms with E-state index in [0.717, 1.165) is 13.1 Å². The van der Waals surface area contributed by atoms with E-state index in [1.54, 1.807) is 0 Å². The van der Waals surface area contributed by atoms with E-state index < -0.39 is 0 Å². The molecule has 2 aromatic rings. The van der Waals surface area contributed by atoms with E-state index in [1.165, 1.54) is 11.4 Å². The fourth-order valence-electron chi connectivity index (χ4n) is 2.55. The molecule has 0 aliphatic carbocycles. The Bertz CT molecular complexity index is 472. The summed E-state index contributed by atoms with van der Waals surface area (Å²) in [4.78, 5) is 2.47. The fraction of sp³-hybridized carbons (Fsp3) is 0.286. The van der Waals surface area contributed by atoms with Gasteiger partial charge in [-0.3, -0.25) is 0 Å². The Labute approximate surface area is 96.1 Å². The third-order valence-corrected chi connectivity index (χ3v) is 3.43. The molecule has 1 unspecified atom stereocenters. The van der Waals surface area contributed by atoms with Crippen LogP contribution in [0.25, 0.3) is 0 Å². The molecule has 1 atom stereocenters. The van der Waals surface area contributed by atoms with Crippen molar-refractivity contribution in [3.05, 3.63) is 54.4 Å². The topological polar surface area (TPSA) is 8.17 Å². The predicted octanol–water partition coefficient (Wildman–Crippen LogP) is 3.07. The molecule has 1 aliphatic rings. The summed E-state index contributed by atoms with van der Waals surface area (Å²) in [5.74, 6) is 0. The molecule has 1 aliphatic heterocycles. The molecule has 82 valence electrons. The third kappa shape index (κ3) is 1.42. The number of para-hydroxylation sites is 1. The Morgan fingerprint density at radius 3 is 2.62 bits per heavy atom. The first-order chi connectivity index (χ1) is 7.86. The maximum atomic E-state index is 2.47. The first kappa shape index (κ1) is 9.52. The first-order valence-corrected chi connectivity index (χ1v) is 5.83. The molecule has 0 fully saturated rings. The van der Waals surface area contributed by atoms with Crippen LogP contribution in [-0.2, 0) is 6.54 Å². The standard InChI is InChI=1S/C14H16N2/c1-12-14-8-5-9-15(14)10-11-16(12)13-6-3-2-4-7-13/h2-9,12H,10-11H2,1H3. The quantitative estimate of drug-likeness (QED) is 0.705. The number of hydrogen-bond donors (Lipinski definition) is 0. The van der Waals surface area contributed by atoms with E-state index >= 15 is 0 Å². The lowest BCUT2D eigenvalue weighted by Crippen LogP contribution is -2.36. The molecule has 1 aromatic heterocycles. The van der Waals surface area contributed by atoms with E-state index in [2.05, 4.69) is 65.1 Å². The molecular weight excluding hydrogens is 196 g/mol. The van der Waals surface area contributed by atoms with Crippen LogP contribution >= 0.6 is 0 Å². The molecule has 0 saturated carbocycles. The summed E-state index contributed by atoms with van der Waals surface area (Å²) in [6.45, 7) is 4.45. The number of aromatic nitrogens is 1. The van der Waals surface area contributed by atoms with Crippen molar-refractivity contribution in [2.45, 2.75) is 19.5 Å². The van der Waals surface area contributed by atoms with Crippen molar-refractivity contribution in [2.24, 2.45) is 0 Å². The molecule has 0 bridgehead atoms. The Balaban J connectivity index is 1.96. The molecular formula is C14H16N2. The van der Waals surface area contributed by atoms with Crippen LogP contribution in [0.4, 0.5) is 5.69 Å². The van der Waals surface area contributed by atoms with Crippen LogP contribution in [-0.4, -0.2) is 11.1 Å². The van der Waals surface area contributed by atoms with Gasteiger partial charge >= 0.3 is 0 Å². The Morgan fingerprint density at radius 2 is 1.81 bits per heavy atom. The molecule has 3 rings (SSSR count). The second-order valence-electron chi connectivity index (χ2n) is 4.33. The van der Waals surface area contributed by atoms with E-state index in [4.69, 9.17) is 0 Å². The Morgan fingerprint density at radius 1 is 1.00 bits per heavy atom. The van der Waals surface area contributed by atoms with Crippen LogP contribution in [0.3, 0.4) is 0 Å². The molecule has 0 amide bonds. The van der Waals surface area contributed by atoms with Gasteiger partial charge in [0.05, 0.1) is 6.04 Å². The number of anilines is 1. The molecule has 2 heteroatoms. The highest BCUT2D eigenvalue weighted by atomic mass is 15.2. The summed E-state index contributed by atoms with van der Waals surface area (Å²) >= 11 is 0. The Hall–Kier alpha value is -1.70. The van der Waals surface area contributed by atoms with Gasteiger partial charge in [0.1, 0.15) is 0 Å². The summed E-state index contributed by atoms with van der Waals surface area (Å²) in [6, 6.07) is 15.5. The van der Waals surface area contributed by atoms with Crippen molar-refractivity contribution in [2.75, 3.05) is 11.4 Å². The highest BCUT2D eigenvalue weighted by Crippen LogP contribution is 2.30. The summed E-state index contributed by atoms with van der Waals surface area (Å²) in [7, 11) is 0. The summed E-state index contributed by atoms with van der Waals surface area (Å²) in [6.07, 6.45) is 2.17. The van der Waals surface area contributed by atoms with Crippen molar-refractivity contribution < 1.29 is 0 Å². The number of nitrogens with zero attached hydrogens (tertiary/aromatic N) is 2. The zero-order valence-electron chi connectivity index (χ0n) is 9.50. The highest BCUT2D eigenvalue weighted by Gasteiger charge is 2.23. The Kier molecular flexibility index (Phi) is 2.21. The normalized spacial score (nSPS) is 19.6. The van der Waals surface area contributed by atoms with Crippen LogP contribution in [0.2, 0.25) is 0 Å². The van der Waals surface area contributed by atoms with Gasteiger partial charge in [-0.15, -0.1) is 0 Å². The average molecular weight is 212 g/mol. The molecule has 0 radical (unpaired) electrons. The summed E-state index contributed by atoms with van der Waals surface area (Å²) in [5, 5.41) is 0. The van der Waals surface area contributed by atoms with Gasteiger partial charge in [0.25, 0.3) is 0 Å².